The Bertz CT molecular complexity index is 342. The van der Waals surface area contributed by atoms with E-state index in [1.165, 1.54) is 0 Å². The number of terminal acetylenes is 1. The molecule has 17 heavy (non-hydrogen) atoms. The van der Waals surface area contributed by atoms with E-state index >= 15 is 0 Å². The number of nitrogens with one attached hydrogen (secondary N) is 1. The molecule has 1 rings (SSSR count). The van der Waals surface area contributed by atoms with Gasteiger partial charge in [0.05, 0.1) is 0 Å². The maximum Gasteiger partial charge on any atom is 0.245 e. The zero-order valence-electron chi connectivity index (χ0n) is 10.6. The molecule has 0 bridgehead atoms. The molecular weight excluding hydrogens is 216 g/mol. The summed E-state index contributed by atoms with van der Waals surface area (Å²) in [6.45, 7) is 4.69. The Balaban J connectivity index is 2.50. The molecule has 0 radical (unpaired) electrons. The molecule has 2 amide bonds. The lowest BCUT2D eigenvalue weighted by atomic mass is 9.98. The normalized spacial score (nSPS) is 18.4. The number of carbonyl (C=O) groups excluding carboxylic acids is 2. The molecule has 0 atom stereocenters. The summed E-state index contributed by atoms with van der Waals surface area (Å²) in [5, 5.41) is 2.77. The zero-order valence-corrected chi connectivity index (χ0v) is 10.6. The minimum absolute atomic E-state index is 0.0434. The van der Waals surface area contributed by atoms with Crippen molar-refractivity contribution in [1.29, 1.82) is 0 Å². The third-order valence-electron chi connectivity index (χ3n) is 3.11. The van der Waals surface area contributed by atoms with E-state index in [1.54, 1.807) is 18.7 Å². The van der Waals surface area contributed by atoms with Crippen molar-refractivity contribution < 1.29 is 9.59 Å². The predicted molar refractivity (Wildman–Crippen MR) is 66.1 cm³/mol. The van der Waals surface area contributed by atoms with Crippen LogP contribution in [0.1, 0.15) is 39.5 Å². The van der Waals surface area contributed by atoms with Gasteiger partial charge in [-0.2, -0.15) is 0 Å². The highest BCUT2D eigenvalue weighted by molar-refractivity contribution is 5.91. The molecule has 0 saturated carbocycles. The van der Waals surface area contributed by atoms with Crippen LogP contribution in [0.3, 0.4) is 0 Å². The number of nitrogens with zero attached hydrogens (tertiary/aromatic N) is 1. The van der Waals surface area contributed by atoms with Crippen LogP contribution in [0.5, 0.6) is 0 Å². The maximum atomic E-state index is 12.0. The second kappa shape index (κ2) is 5.72. The van der Waals surface area contributed by atoms with Gasteiger partial charge in [0.15, 0.2) is 0 Å². The molecule has 1 N–H and O–H groups in total. The summed E-state index contributed by atoms with van der Waals surface area (Å²) in [4.78, 5) is 25.4. The molecule has 0 aromatic carbocycles. The van der Waals surface area contributed by atoms with Crippen molar-refractivity contribution in [2.75, 3.05) is 13.1 Å². The Labute approximate surface area is 103 Å². The van der Waals surface area contributed by atoms with E-state index in [0.29, 0.717) is 25.9 Å². The van der Waals surface area contributed by atoms with Crippen LogP contribution in [0.25, 0.3) is 0 Å². The first kappa shape index (κ1) is 13.6. The van der Waals surface area contributed by atoms with E-state index in [0.717, 1.165) is 12.8 Å². The van der Waals surface area contributed by atoms with E-state index in [4.69, 9.17) is 6.42 Å². The molecular formula is C13H20N2O2. The van der Waals surface area contributed by atoms with E-state index in [-0.39, 0.29) is 11.8 Å². The van der Waals surface area contributed by atoms with Crippen molar-refractivity contribution in [2.45, 2.75) is 45.1 Å². The van der Waals surface area contributed by atoms with E-state index < -0.39 is 5.54 Å². The highest BCUT2D eigenvalue weighted by atomic mass is 16.2. The Morgan fingerprint density at radius 2 is 2.24 bits per heavy atom. The van der Waals surface area contributed by atoms with Gasteiger partial charge in [-0.1, -0.05) is 0 Å². The third-order valence-corrected chi connectivity index (χ3v) is 3.11. The van der Waals surface area contributed by atoms with Crippen molar-refractivity contribution in [1.82, 2.24) is 10.2 Å². The van der Waals surface area contributed by atoms with Gasteiger partial charge in [-0.3, -0.25) is 9.59 Å². The van der Waals surface area contributed by atoms with Crippen molar-refractivity contribution in [2.24, 2.45) is 0 Å². The van der Waals surface area contributed by atoms with Gasteiger partial charge in [-0.25, -0.2) is 0 Å². The summed E-state index contributed by atoms with van der Waals surface area (Å²) in [5.41, 5.74) is -0.735. The van der Waals surface area contributed by atoms with Gasteiger partial charge in [-0.05, 0) is 26.7 Å². The van der Waals surface area contributed by atoms with E-state index in [2.05, 4.69) is 11.2 Å². The molecule has 1 heterocycles. The minimum atomic E-state index is -0.735. The highest BCUT2D eigenvalue weighted by Crippen LogP contribution is 2.19. The van der Waals surface area contributed by atoms with Crippen LogP contribution in [0, 0.1) is 12.3 Å². The molecule has 4 heteroatoms. The number of unbranched alkanes of at least 4 members (excludes halogenated alkanes) is 2. The van der Waals surface area contributed by atoms with Crippen LogP contribution in [-0.4, -0.2) is 35.3 Å². The second-order valence-electron chi connectivity index (χ2n) is 4.77. The highest BCUT2D eigenvalue weighted by Gasteiger charge is 2.39. The molecule has 1 fully saturated rings. The average molecular weight is 236 g/mol. The average Bonchev–Trinajstić information content (AvgIpc) is 2.28. The number of hydrogen-bond donors (Lipinski definition) is 1. The van der Waals surface area contributed by atoms with Gasteiger partial charge in [0.2, 0.25) is 11.8 Å². The van der Waals surface area contributed by atoms with Crippen LogP contribution >= 0.6 is 0 Å². The number of piperazine rings is 1. The smallest absolute Gasteiger partial charge is 0.245 e. The molecule has 1 aliphatic rings. The van der Waals surface area contributed by atoms with Gasteiger partial charge >= 0.3 is 0 Å². The van der Waals surface area contributed by atoms with Crippen LogP contribution in [0.4, 0.5) is 0 Å². The molecule has 1 aliphatic heterocycles. The fourth-order valence-electron chi connectivity index (χ4n) is 1.97. The Kier molecular flexibility index (Phi) is 4.56. The van der Waals surface area contributed by atoms with Crippen molar-refractivity contribution in [3.05, 3.63) is 0 Å². The number of amides is 2. The molecule has 94 valence electrons. The van der Waals surface area contributed by atoms with Gasteiger partial charge in [0, 0.05) is 25.9 Å². The Morgan fingerprint density at radius 3 is 2.88 bits per heavy atom. The number of rotatable bonds is 4. The van der Waals surface area contributed by atoms with Gasteiger partial charge in [0.25, 0.3) is 0 Å². The monoisotopic (exact) mass is 236 g/mol. The predicted octanol–water partition coefficient (Wildman–Crippen LogP) is 0.917. The largest absolute Gasteiger partial charge is 0.352 e. The summed E-state index contributed by atoms with van der Waals surface area (Å²) in [7, 11) is 0. The lowest BCUT2D eigenvalue weighted by molar-refractivity contribution is -0.149. The molecule has 1 saturated heterocycles. The lowest BCUT2D eigenvalue weighted by Gasteiger charge is -2.41. The first-order chi connectivity index (χ1) is 8.00. The van der Waals surface area contributed by atoms with Crippen LogP contribution in [-0.2, 0) is 9.59 Å². The molecule has 0 aromatic rings. The topological polar surface area (TPSA) is 49.4 Å². The third kappa shape index (κ3) is 3.23. The van der Waals surface area contributed by atoms with Crippen LogP contribution in [0.2, 0.25) is 0 Å². The van der Waals surface area contributed by atoms with Gasteiger partial charge in [-0.15, -0.1) is 12.3 Å². The first-order valence-electron chi connectivity index (χ1n) is 6.02. The van der Waals surface area contributed by atoms with Crippen molar-refractivity contribution in [3.63, 3.8) is 0 Å². The molecule has 0 unspecified atom stereocenters. The maximum absolute atomic E-state index is 12.0. The van der Waals surface area contributed by atoms with Crippen LogP contribution in [0.15, 0.2) is 0 Å². The summed E-state index contributed by atoms with van der Waals surface area (Å²) < 4.78 is 0. The van der Waals surface area contributed by atoms with Gasteiger partial charge < -0.3 is 10.2 Å². The summed E-state index contributed by atoms with van der Waals surface area (Å²) >= 11 is 0. The quantitative estimate of drug-likeness (QED) is 0.583. The Hall–Kier alpha value is -1.50. The van der Waals surface area contributed by atoms with E-state index in [9.17, 15) is 9.59 Å². The second-order valence-corrected chi connectivity index (χ2v) is 4.77. The lowest BCUT2D eigenvalue weighted by Crippen LogP contribution is -2.63. The van der Waals surface area contributed by atoms with Crippen LogP contribution < -0.4 is 5.32 Å². The van der Waals surface area contributed by atoms with Crippen molar-refractivity contribution in [3.8, 4) is 12.3 Å². The molecule has 0 aromatic heterocycles. The SMILES string of the molecule is C#CCCCCC(=O)N1CCNC(=O)C1(C)C. The minimum Gasteiger partial charge on any atom is -0.352 e. The fourth-order valence-corrected chi connectivity index (χ4v) is 1.97. The molecule has 0 spiro atoms. The standard InChI is InChI=1S/C13H20N2O2/c1-4-5-6-7-8-11(16)15-10-9-14-12(17)13(15,2)3/h1H,5-10H2,2-3H3,(H,14,17). The first-order valence-corrected chi connectivity index (χ1v) is 6.02. The fraction of sp³-hybridized carbons (Fsp3) is 0.692. The summed E-state index contributed by atoms with van der Waals surface area (Å²) in [5.74, 6) is 2.52. The summed E-state index contributed by atoms with van der Waals surface area (Å²) in [6, 6.07) is 0. The summed E-state index contributed by atoms with van der Waals surface area (Å²) in [6.07, 6.45) is 7.98. The van der Waals surface area contributed by atoms with E-state index in [1.807, 2.05) is 0 Å². The number of hydrogen-bond acceptors (Lipinski definition) is 2. The molecule has 0 aliphatic carbocycles. The van der Waals surface area contributed by atoms with Crippen molar-refractivity contribution >= 4 is 11.8 Å². The Morgan fingerprint density at radius 1 is 1.53 bits per heavy atom. The number of carbonyl (C=O) groups is 2. The zero-order chi connectivity index (χ0) is 12.9. The molecule has 4 nitrogen and oxygen atoms in total. The van der Waals surface area contributed by atoms with Gasteiger partial charge in [0.1, 0.15) is 5.54 Å².